The van der Waals surface area contributed by atoms with E-state index in [4.69, 9.17) is 0 Å². The molecule has 124 valence electrons. The lowest BCUT2D eigenvalue weighted by Gasteiger charge is -2.16. The Morgan fingerprint density at radius 2 is 1.96 bits per heavy atom. The molecule has 2 aromatic rings. The molecule has 1 aromatic carbocycles. The standard InChI is InChI=1S/C15H14F3NO2S2/c1-19(8-11-6-7-22-9-11)14(20)10-23-13-4-2-12(3-5-13)21-15(16,17)18/h2-7,9H,8,10H2,1H3. The Hall–Kier alpha value is -1.67. The van der Waals surface area contributed by atoms with Crippen LogP contribution in [-0.4, -0.2) is 30.0 Å². The molecule has 23 heavy (non-hydrogen) atoms. The van der Waals surface area contributed by atoms with Gasteiger partial charge in [-0.05, 0) is 46.7 Å². The summed E-state index contributed by atoms with van der Waals surface area (Å²) in [6, 6.07) is 7.42. The van der Waals surface area contributed by atoms with E-state index < -0.39 is 6.36 Å². The average molecular weight is 361 g/mol. The van der Waals surface area contributed by atoms with Crippen LogP contribution in [0.5, 0.6) is 5.75 Å². The molecule has 0 bridgehead atoms. The van der Waals surface area contributed by atoms with Gasteiger partial charge in [0.15, 0.2) is 0 Å². The number of carbonyl (C=O) groups is 1. The Kier molecular flexibility index (Phi) is 5.95. The molecule has 1 heterocycles. The molecule has 0 aliphatic carbocycles. The third-order valence-corrected chi connectivity index (χ3v) is 4.57. The van der Waals surface area contributed by atoms with Gasteiger partial charge in [0, 0.05) is 18.5 Å². The van der Waals surface area contributed by atoms with Crippen molar-refractivity contribution in [3.8, 4) is 5.75 Å². The second kappa shape index (κ2) is 7.74. The number of ether oxygens (including phenoxy) is 1. The number of rotatable bonds is 6. The summed E-state index contributed by atoms with van der Waals surface area (Å²) >= 11 is 2.84. The van der Waals surface area contributed by atoms with Crippen molar-refractivity contribution in [2.75, 3.05) is 12.8 Å². The SMILES string of the molecule is CN(Cc1ccsc1)C(=O)CSc1ccc(OC(F)(F)F)cc1. The Balaban J connectivity index is 1.82. The number of nitrogens with zero attached hydrogens (tertiary/aromatic N) is 1. The summed E-state index contributed by atoms with van der Waals surface area (Å²) in [6.45, 7) is 0.543. The summed E-state index contributed by atoms with van der Waals surface area (Å²) in [5.41, 5.74) is 1.07. The molecule has 2 rings (SSSR count). The van der Waals surface area contributed by atoms with Crippen molar-refractivity contribution in [1.29, 1.82) is 0 Å². The van der Waals surface area contributed by atoms with Crippen LogP contribution in [-0.2, 0) is 11.3 Å². The Labute approximate surface area is 140 Å². The Morgan fingerprint density at radius 3 is 2.52 bits per heavy atom. The van der Waals surface area contributed by atoms with Crippen molar-refractivity contribution in [3.63, 3.8) is 0 Å². The van der Waals surface area contributed by atoms with Crippen LogP contribution in [0.1, 0.15) is 5.56 Å². The highest BCUT2D eigenvalue weighted by molar-refractivity contribution is 8.00. The first-order valence-electron chi connectivity index (χ1n) is 6.57. The number of carbonyl (C=O) groups excluding carboxylic acids is 1. The molecular formula is C15H14F3NO2S2. The number of thiophene rings is 1. The minimum Gasteiger partial charge on any atom is -0.406 e. The van der Waals surface area contributed by atoms with Crippen LogP contribution >= 0.6 is 23.1 Å². The van der Waals surface area contributed by atoms with Gasteiger partial charge >= 0.3 is 6.36 Å². The molecule has 0 aliphatic rings. The van der Waals surface area contributed by atoms with Gasteiger partial charge in [0.25, 0.3) is 0 Å². The Bertz CT molecular complexity index is 627. The highest BCUT2D eigenvalue weighted by atomic mass is 32.2. The summed E-state index contributed by atoms with van der Waals surface area (Å²) in [6.07, 6.45) is -4.70. The molecule has 1 amide bonds. The summed E-state index contributed by atoms with van der Waals surface area (Å²) < 4.78 is 40.0. The van der Waals surface area contributed by atoms with Gasteiger partial charge in [-0.15, -0.1) is 24.9 Å². The lowest BCUT2D eigenvalue weighted by Crippen LogP contribution is -2.27. The zero-order valence-corrected chi connectivity index (χ0v) is 13.8. The zero-order valence-electron chi connectivity index (χ0n) is 12.2. The van der Waals surface area contributed by atoms with Gasteiger partial charge in [-0.1, -0.05) is 0 Å². The molecule has 3 nitrogen and oxygen atoms in total. The predicted molar refractivity (Wildman–Crippen MR) is 84.6 cm³/mol. The number of benzene rings is 1. The highest BCUT2D eigenvalue weighted by Crippen LogP contribution is 2.26. The van der Waals surface area contributed by atoms with Gasteiger partial charge < -0.3 is 9.64 Å². The molecule has 0 fully saturated rings. The lowest BCUT2D eigenvalue weighted by atomic mass is 10.3. The lowest BCUT2D eigenvalue weighted by molar-refractivity contribution is -0.274. The summed E-state index contributed by atoms with van der Waals surface area (Å²) in [5.74, 6) is -0.0975. The van der Waals surface area contributed by atoms with Crippen LogP contribution in [0.25, 0.3) is 0 Å². The predicted octanol–water partition coefficient (Wildman–Crippen LogP) is 4.40. The third-order valence-electron chi connectivity index (χ3n) is 2.85. The van der Waals surface area contributed by atoms with E-state index in [1.807, 2.05) is 16.8 Å². The molecular weight excluding hydrogens is 347 g/mol. The first-order valence-corrected chi connectivity index (χ1v) is 8.50. The second-order valence-electron chi connectivity index (χ2n) is 4.69. The first kappa shape index (κ1) is 17.7. The largest absolute Gasteiger partial charge is 0.573 e. The van der Waals surface area contributed by atoms with Crippen molar-refractivity contribution in [3.05, 3.63) is 46.7 Å². The van der Waals surface area contributed by atoms with E-state index in [1.165, 1.54) is 36.0 Å². The van der Waals surface area contributed by atoms with E-state index in [2.05, 4.69) is 4.74 Å². The number of alkyl halides is 3. The average Bonchev–Trinajstić information content (AvgIpc) is 2.97. The second-order valence-corrected chi connectivity index (χ2v) is 6.52. The number of thioether (sulfide) groups is 1. The minimum absolute atomic E-state index is 0.0446. The van der Waals surface area contributed by atoms with Gasteiger partial charge in [0.1, 0.15) is 5.75 Å². The van der Waals surface area contributed by atoms with Crippen LogP contribution in [0, 0.1) is 0 Å². The normalized spacial score (nSPS) is 11.3. The van der Waals surface area contributed by atoms with Gasteiger partial charge in [0.2, 0.25) is 5.91 Å². The van der Waals surface area contributed by atoms with Crippen molar-refractivity contribution in [2.45, 2.75) is 17.8 Å². The highest BCUT2D eigenvalue weighted by Gasteiger charge is 2.30. The number of amides is 1. The van der Waals surface area contributed by atoms with E-state index in [0.717, 1.165) is 5.56 Å². The van der Waals surface area contributed by atoms with Crippen LogP contribution < -0.4 is 4.74 Å². The van der Waals surface area contributed by atoms with E-state index in [9.17, 15) is 18.0 Å². The molecule has 8 heteroatoms. The number of halogens is 3. The number of hydrogen-bond acceptors (Lipinski definition) is 4. The quantitative estimate of drug-likeness (QED) is 0.715. The van der Waals surface area contributed by atoms with E-state index >= 15 is 0 Å². The van der Waals surface area contributed by atoms with E-state index in [1.54, 1.807) is 23.3 Å². The smallest absolute Gasteiger partial charge is 0.406 e. The maximum atomic E-state index is 12.1. The third kappa shape index (κ3) is 6.15. The fourth-order valence-electron chi connectivity index (χ4n) is 1.74. The summed E-state index contributed by atoms with van der Waals surface area (Å²) in [5, 5.41) is 3.93. The van der Waals surface area contributed by atoms with Crippen molar-refractivity contribution >= 4 is 29.0 Å². The van der Waals surface area contributed by atoms with Crippen molar-refractivity contribution < 1.29 is 22.7 Å². The van der Waals surface area contributed by atoms with Gasteiger partial charge in [-0.2, -0.15) is 11.3 Å². The van der Waals surface area contributed by atoms with Gasteiger partial charge in [0.05, 0.1) is 5.75 Å². The molecule has 0 N–H and O–H groups in total. The maximum absolute atomic E-state index is 12.1. The van der Waals surface area contributed by atoms with Crippen LogP contribution in [0.3, 0.4) is 0 Å². The van der Waals surface area contributed by atoms with Crippen LogP contribution in [0.4, 0.5) is 13.2 Å². The molecule has 0 saturated heterocycles. The fraction of sp³-hybridized carbons (Fsp3) is 0.267. The van der Waals surface area contributed by atoms with Crippen molar-refractivity contribution in [1.82, 2.24) is 4.90 Å². The monoisotopic (exact) mass is 361 g/mol. The topological polar surface area (TPSA) is 29.5 Å². The number of hydrogen-bond donors (Lipinski definition) is 0. The minimum atomic E-state index is -4.70. The van der Waals surface area contributed by atoms with E-state index in [-0.39, 0.29) is 17.4 Å². The summed E-state index contributed by atoms with van der Waals surface area (Å²) in [7, 11) is 1.72. The molecule has 0 unspecified atom stereocenters. The van der Waals surface area contributed by atoms with Gasteiger partial charge in [-0.25, -0.2) is 0 Å². The zero-order chi connectivity index (χ0) is 16.9. The van der Waals surface area contributed by atoms with E-state index in [0.29, 0.717) is 11.4 Å². The van der Waals surface area contributed by atoms with Gasteiger partial charge in [-0.3, -0.25) is 4.79 Å². The van der Waals surface area contributed by atoms with Crippen LogP contribution in [0.2, 0.25) is 0 Å². The molecule has 1 aromatic heterocycles. The maximum Gasteiger partial charge on any atom is 0.573 e. The molecule has 0 atom stereocenters. The Morgan fingerprint density at radius 1 is 1.26 bits per heavy atom. The van der Waals surface area contributed by atoms with Crippen molar-refractivity contribution in [2.24, 2.45) is 0 Å². The molecule has 0 spiro atoms. The fourth-order valence-corrected chi connectivity index (χ4v) is 3.24. The molecule has 0 saturated carbocycles. The molecule has 0 radical (unpaired) electrons. The summed E-state index contributed by atoms with van der Waals surface area (Å²) in [4.78, 5) is 14.4. The first-order chi connectivity index (χ1) is 10.8. The molecule has 0 aliphatic heterocycles. The van der Waals surface area contributed by atoms with Crippen LogP contribution in [0.15, 0.2) is 46.0 Å².